The van der Waals surface area contributed by atoms with Crippen LogP contribution in [0.4, 0.5) is 4.79 Å². The van der Waals surface area contributed by atoms with Gasteiger partial charge in [0.25, 0.3) is 0 Å². The molecule has 0 aliphatic heterocycles. The Morgan fingerprint density at radius 3 is 2.53 bits per heavy atom. The SMILES string of the molecule is CCc1cc(OCCCC(NC(=O)O)C(C)(C)C)ccc1-c1nnc(-c2ccc(OC(C)C)c(C#N)c2)o1. The minimum absolute atomic E-state index is 0.0447. The fourth-order valence-corrected chi connectivity index (χ4v) is 4.07. The van der Waals surface area contributed by atoms with Crippen LogP contribution in [0.25, 0.3) is 22.9 Å². The second kappa shape index (κ2) is 12.5. The van der Waals surface area contributed by atoms with Crippen molar-refractivity contribution >= 4 is 6.09 Å². The summed E-state index contributed by atoms with van der Waals surface area (Å²) in [5, 5.41) is 29.7. The van der Waals surface area contributed by atoms with Gasteiger partial charge >= 0.3 is 6.09 Å². The smallest absolute Gasteiger partial charge is 0.404 e. The van der Waals surface area contributed by atoms with Crippen LogP contribution in [0.15, 0.2) is 40.8 Å². The van der Waals surface area contributed by atoms with E-state index >= 15 is 0 Å². The number of carboxylic acid groups (broad SMARTS) is 1. The van der Waals surface area contributed by atoms with Crippen molar-refractivity contribution in [3.05, 3.63) is 47.5 Å². The monoisotopic (exact) mass is 520 g/mol. The van der Waals surface area contributed by atoms with E-state index < -0.39 is 6.09 Å². The van der Waals surface area contributed by atoms with E-state index in [9.17, 15) is 10.1 Å². The standard InChI is InChI=1S/C29H36N4O5/c1-7-19-16-22(36-14-8-9-25(29(4,5)6)31-28(34)35)11-12-23(19)27-33-32-26(38-27)20-10-13-24(37-18(2)3)21(15-20)17-30/h10-13,15-16,18,25,31H,7-9,14H2,1-6H3,(H,34,35). The average Bonchev–Trinajstić information content (AvgIpc) is 3.35. The molecule has 0 aliphatic carbocycles. The molecule has 3 aromatic rings. The van der Waals surface area contributed by atoms with E-state index in [2.05, 4.69) is 21.6 Å². The molecule has 0 fully saturated rings. The molecule has 202 valence electrons. The van der Waals surface area contributed by atoms with E-state index in [1.165, 1.54) is 0 Å². The molecule has 1 heterocycles. The number of hydrogen-bond donors (Lipinski definition) is 2. The molecule has 1 atom stereocenters. The normalized spacial score (nSPS) is 12.2. The van der Waals surface area contributed by atoms with Gasteiger partial charge in [-0.15, -0.1) is 10.2 Å². The van der Waals surface area contributed by atoms with Gasteiger partial charge in [0.2, 0.25) is 11.8 Å². The van der Waals surface area contributed by atoms with Crippen LogP contribution in [0, 0.1) is 16.7 Å². The maximum absolute atomic E-state index is 11.1. The number of nitrogens with zero attached hydrogens (tertiary/aromatic N) is 3. The van der Waals surface area contributed by atoms with E-state index in [0.717, 1.165) is 23.3 Å². The lowest BCUT2D eigenvalue weighted by molar-refractivity contribution is 0.168. The number of hydrogen-bond acceptors (Lipinski definition) is 7. The van der Waals surface area contributed by atoms with Gasteiger partial charge in [-0.25, -0.2) is 4.79 Å². The van der Waals surface area contributed by atoms with Gasteiger partial charge in [-0.3, -0.25) is 0 Å². The first-order valence-corrected chi connectivity index (χ1v) is 12.8. The summed E-state index contributed by atoms with van der Waals surface area (Å²) in [6.45, 7) is 12.4. The molecular formula is C29H36N4O5. The van der Waals surface area contributed by atoms with Crippen molar-refractivity contribution in [1.29, 1.82) is 5.26 Å². The van der Waals surface area contributed by atoms with Gasteiger partial charge < -0.3 is 24.3 Å². The molecule has 0 saturated carbocycles. The summed E-state index contributed by atoms with van der Waals surface area (Å²) < 4.78 is 17.6. The molecule has 1 aromatic heterocycles. The fraction of sp³-hybridized carbons (Fsp3) is 0.448. The molecule has 9 nitrogen and oxygen atoms in total. The summed E-state index contributed by atoms with van der Waals surface area (Å²) in [4.78, 5) is 11.1. The lowest BCUT2D eigenvalue weighted by atomic mass is 9.84. The van der Waals surface area contributed by atoms with E-state index in [0.29, 0.717) is 48.1 Å². The summed E-state index contributed by atoms with van der Waals surface area (Å²) >= 11 is 0. The predicted octanol–water partition coefficient (Wildman–Crippen LogP) is 6.47. The van der Waals surface area contributed by atoms with Crippen LogP contribution in [0.3, 0.4) is 0 Å². The van der Waals surface area contributed by atoms with Crippen molar-refractivity contribution in [3.8, 4) is 40.5 Å². The minimum atomic E-state index is -1.01. The van der Waals surface area contributed by atoms with Crippen molar-refractivity contribution in [2.75, 3.05) is 6.61 Å². The third kappa shape index (κ3) is 7.48. The minimum Gasteiger partial charge on any atom is -0.494 e. The molecular weight excluding hydrogens is 484 g/mol. The Morgan fingerprint density at radius 2 is 1.89 bits per heavy atom. The Kier molecular flexibility index (Phi) is 9.35. The number of aryl methyl sites for hydroxylation is 1. The van der Waals surface area contributed by atoms with Crippen LogP contribution in [-0.2, 0) is 6.42 Å². The van der Waals surface area contributed by atoms with Crippen LogP contribution in [0.1, 0.15) is 65.5 Å². The van der Waals surface area contributed by atoms with E-state index in [1.54, 1.807) is 18.2 Å². The molecule has 0 spiro atoms. The molecule has 1 amide bonds. The Balaban J connectivity index is 1.70. The quantitative estimate of drug-likeness (QED) is 0.275. The molecule has 0 radical (unpaired) electrons. The number of nitrogens with one attached hydrogen (secondary N) is 1. The molecule has 0 aliphatic rings. The van der Waals surface area contributed by atoms with Gasteiger partial charge in [0.05, 0.1) is 18.3 Å². The molecule has 3 rings (SSSR count). The zero-order valence-corrected chi connectivity index (χ0v) is 22.9. The highest BCUT2D eigenvalue weighted by molar-refractivity contribution is 5.65. The average molecular weight is 521 g/mol. The Morgan fingerprint density at radius 1 is 1.16 bits per heavy atom. The lowest BCUT2D eigenvalue weighted by Gasteiger charge is -2.30. The molecule has 2 N–H and O–H groups in total. The first-order chi connectivity index (χ1) is 18.0. The number of ether oxygens (including phenoxy) is 2. The maximum atomic E-state index is 11.1. The molecule has 0 saturated heterocycles. The summed E-state index contributed by atoms with van der Waals surface area (Å²) in [5.74, 6) is 1.95. The molecule has 0 bridgehead atoms. The van der Waals surface area contributed by atoms with Gasteiger partial charge in [-0.2, -0.15) is 5.26 Å². The second-order valence-electron chi connectivity index (χ2n) is 10.4. The van der Waals surface area contributed by atoms with Gasteiger partial charge in [-0.1, -0.05) is 27.7 Å². The lowest BCUT2D eigenvalue weighted by Crippen LogP contribution is -2.43. The Bertz CT molecular complexity index is 1290. The van der Waals surface area contributed by atoms with E-state index in [-0.39, 0.29) is 17.6 Å². The first-order valence-electron chi connectivity index (χ1n) is 12.8. The van der Waals surface area contributed by atoms with Crippen molar-refractivity contribution in [1.82, 2.24) is 15.5 Å². The van der Waals surface area contributed by atoms with Gasteiger partial charge in [0.15, 0.2) is 0 Å². The van der Waals surface area contributed by atoms with Crippen molar-refractivity contribution in [3.63, 3.8) is 0 Å². The van der Waals surface area contributed by atoms with Gasteiger partial charge in [-0.05, 0) is 80.5 Å². The third-order valence-electron chi connectivity index (χ3n) is 6.07. The summed E-state index contributed by atoms with van der Waals surface area (Å²) in [6, 6.07) is 12.9. The van der Waals surface area contributed by atoms with Crippen molar-refractivity contribution in [2.24, 2.45) is 5.41 Å². The zero-order valence-electron chi connectivity index (χ0n) is 22.9. The van der Waals surface area contributed by atoms with Crippen LogP contribution < -0.4 is 14.8 Å². The topological polar surface area (TPSA) is 130 Å². The third-order valence-corrected chi connectivity index (χ3v) is 6.07. The van der Waals surface area contributed by atoms with Gasteiger partial charge in [0, 0.05) is 17.2 Å². The number of amides is 1. The van der Waals surface area contributed by atoms with E-state index in [4.69, 9.17) is 19.0 Å². The molecule has 9 heteroatoms. The molecule has 2 aromatic carbocycles. The fourth-order valence-electron chi connectivity index (χ4n) is 4.07. The number of rotatable bonds is 11. The molecule has 38 heavy (non-hydrogen) atoms. The highest BCUT2D eigenvalue weighted by Gasteiger charge is 2.25. The van der Waals surface area contributed by atoms with Gasteiger partial charge in [0.1, 0.15) is 17.6 Å². The van der Waals surface area contributed by atoms with Crippen LogP contribution in [0.5, 0.6) is 11.5 Å². The number of benzene rings is 2. The summed E-state index contributed by atoms with van der Waals surface area (Å²) in [6.07, 6.45) is 1.07. The molecule has 1 unspecified atom stereocenters. The summed E-state index contributed by atoms with van der Waals surface area (Å²) in [5.41, 5.74) is 2.67. The Labute approximate surface area is 223 Å². The summed E-state index contributed by atoms with van der Waals surface area (Å²) in [7, 11) is 0. The van der Waals surface area contributed by atoms with Crippen LogP contribution >= 0.6 is 0 Å². The Hall–Kier alpha value is -4.06. The predicted molar refractivity (Wildman–Crippen MR) is 144 cm³/mol. The number of aromatic nitrogens is 2. The van der Waals surface area contributed by atoms with Crippen molar-refractivity contribution in [2.45, 2.75) is 73.0 Å². The van der Waals surface area contributed by atoms with Crippen LogP contribution in [0.2, 0.25) is 0 Å². The van der Waals surface area contributed by atoms with Crippen molar-refractivity contribution < 1.29 is 23.8 Å². The largest absolute Gasteiger partial charge is 0.494 e. The maximum Gasteiger partial charge on any atom is 0.404 e. The number of carbonyl (C=O) groups is 1. The van der Waals surface area contributed by atoms with Crippen LogP contribution in [-0.4, -0.2) is 40.1 Å². The second-order valence-corrected chi connectivity index (χ2v) is 10.4. The zero-order chi connectivity index (χ0) is 27.9. The van der Waals surface area contributed by atoms with E-state index in [1.807, 2.05) is 59.7 Å². The number of nitriles is 1. The highest BCUT2D eigenvalue weighted by atomic mass is 16.5. The first kappa shape index (κ1) is 28.5. The highest BCUT2D eigenvalue weighted by Crippen LogP contribution is 2.31.